The van der Waals surface area contributed by atoms with Gasteiger partial charge in [0.1, 0.15) is 29.8 Å². The number of rotatable bonds is 2. The average Bonchev–Trinajstić information content (AvgIpc) is 2.90. The van der Waals surface area contributed by atoms with E-state index in [9.17, 15) is 15.0 Å². The number of nitrogens with one attached hydrogen (secondary N) is 2. The maximum Gasteiger partial charge on any atom is 0.329 e. The lowest BCUT2D eigenvalue weighted by atomic mass is 10.1. The number of aliphatic hydroxyl groups excluding tert-OH is 3. The van der Waals surface area contributed by atoms with Crippen LogP contribution in [0.3, 0.4) is 0 Å². The van der Waals surface area contributed by atoms with E-state index in [4.69, 9.17) is 15.6 Å². The van der Waals surface area contributed by atoms with Crippen molar-refractivity contribution in [1.82, 2.24) is 9.55 Å². The number of hydrogen-bond acceptors (Lipinski definition) is 8. The lowest BCUT2D eigenvalue weighted by molar-refractivity contribution is -0.0532. The minimum Gasteiger partial charge on any atom is -0.394 e. The molecule has 0 aliphatic carbocycles. The minimum atomic E-state index is -1.36. The van der Waals surface area contributed by atoms with Gasteiger partial charge in [-0.25, -0.2) is 14.4 Å². The van der Waals surface area contributed by atoms with Crippen LogP contribution in [-0.2, 0) is 10.4 Å². The summed E-state index contributed by atoms with van der Waals surface area (Å²) in [6.07, 6.45) is -3.42. The number of ether oxygens (including phenoxy) is 1. The SMILES string of the molecule is CC1(N)N=CNc2c1[nH]c(=O)n2[C@@H]1O[C@H](CO)[C@@H](O)[C@H]1O. The van der Waals surface area contributed by atoms with E-state index in [1.54, 1.807) is 6.92 Å². The second kappa shape index (κ2) is 4.64. The van der Waals surface area contributed by atoms with Crippen molar-refractivity contribution in [3.8, 4) is 0 Å². The molecule has 2 aliphatic heterocycles. The average molecular weight is 299 g/mol. The van der Waals surface area contributed by atoms with Crippen LogP contribution in [-0.4, -0.2) is 56.1 Å². The van der Waals surface area contributed by atoms with Gasteiger partial charge >= 0.3 is 5.69 Å². The van der Waals surface area contributed by atoms with Gasteiger partial charge in [0.05, 0.1) is 12.9 Å². The van der Waals surface area contributed by atoms with Gasteiger partial charge in [0, 0.05) is 0 Å². The molecule has 1 aromatic heterocycles. The van der Waals surface area contributed by atoms with Gasteiger partial charge in [-0.3, -0.25) is 0 Å². The number of H-pyrrole nitrogens is 1. The molecule has 7 N–H and O–H groups in total. The molecule has 1 fully saturated rings. The Labute approximate surface area is 118 Å². The summed E-state index contributed by atoms with van der Waals surface area (Å²) in [4.78, 5) is 18.7. The highest BCUT2D eigenvalue weighted by atomic mass is 16.6. The first kappa shape index (κ1) is 14.2. The molecule has 0 radical (unpaired) electrons. The van der Waals surface area contributed by atoms with Gasteiger partial charge in [0.15, 0.2) is 11.9 Å². The zero-order valence-corrected chi connectivity index (χ0v) is 11.2. The number of imidazole rings is 1. The van der Waals surface area contributed by atoms with Gasteiger partial charge in [0.2, 0.25) is 0 Å². The molecule has 10 nitrogen and oxygen atoms in total. The topological polar surface area (TPSA) is 158 Å². The van der Waals surface area contributed by atoms with Gasteiger partial charge in [-0.1, -0.05) is 0 Å². The first-order valence-corrected chi connectivity index (χ1v) is 6.43. The van der Waals surface area contributed by atoms with Crippen LogP contribution in [0.4, 0.5) is 5.82 Å². The second-order valence-electron chi connectivity index (χ2n) is 5.30. The van der Waals surface area contributed by atoms with Crippen LogP contribution in [0.1, 0.15) is 18.8 Å². The zero-order chi connectivity index (χ0) is 15.4. The van der Waals surface area contributed by atoms with E-state index in [2.05, 4.69) is 15.3 Å². The Morgan fingerprint density at radius 1 is 1.52 bits per heavy atom. The van der Waals surface area contributed by atoms with Crippen LogP contribution in [0, 0.1) is 0 Å². The Balaban J connectivity index is 2.06. The van der Waals surface area contributed by atoms with Crippen molar-refractivity contribution < 1.29 is 20.1 Å². The first-order chi connectivity index (χ1) is 9.86. The van der Waals surface area contributed by atoms with E-state index < -0.39 is 42.5 Å². The van der Waals surface area contributed by atoms with Crippen molar-refractivity contribution in [2.45, 2.75) is 37.1 Å². The Kier molecular flexibility index (Phi) is 3.15. The summed E-state index contributed by atoms with van der Waals surface area (Å²) < 4.78 is 6.48. The summed E-state index contributed by atoms with van der Waals surface area (Å²) in [5.74, 6) is 0.301. The molecular weight excluding hydrogens is 282 g/mol. The summed E-state index contributed by atoms with van der Waals surface area (Å²) in [6, 6.07) is 0. The van der Waals surface area contributed by atoms with Crippen molar-refractivity contribution in [1.29, 1.82) is 0 Å². The highest BCUT2D eigenvalue weighted by molar-refractivity contribution is 5.78. The molecule has 3 heterocycles. The third-order valence-corrected chi connectivity index (χ3v) is 3.74. The zero-order valence-electron chi connectivity index (χ0n) is 11.2. The van der Waals surface area contributed by atoms with Crippen molar-refractivity contribution in [3.63, 3.8) is 0 Å². The maximum absolute atomic E-state index is 12.1. The maximum atomic E-state index is 12.1. The fourth-order valence-electron chi connectivity index (χ4n) is 2.58. The number of aromatic amines is 1. The molecule has 21 heavy (non-hydrogen) atoms. The molecule has 0 aromatic carbocycles. The number of aliphatic imine (C=N–C) groups is 1. The third kappa shape index (κ3) is 2.00. The molecule has 10 heteroatoms. The van der Waals surface area contributed by atoms with Gasteiger partial charge in [-0.15, -0.1) is 0 Å². The molecule has 0 spiro atoms. The van der Waals surface area contributed by atoms with E-state index in [0.717, 1.165) is 4.57 Å². The quantitative estimate of drug-likeness (QED) is 0.348. The molecular formula is C11H17N5O5. The predicted molar refractivity (Wildman–Crippen MR) is 71.7 cm³/mol. The number of anilines is 1. The van der Waals surface area contributed by atoms with Crippen molar-refractivity contribution in [3.05, 3.63) is 16.2 Å². The van der Waals surface area contributed by atoms with Crippen LogP contribution in [0.2, 0.25) is 0 Å². The molecule has 116 valence electrons. The van der Waals surface area contributed by atoms with Crippen LogP contribution < -0.4 is 16.7 Å². The standard InChI is InChI=1S/C11H17N5O5/c1-11(12)7-8(13-3-14-11)16(10(20)15-7)9-6(19)5(18)4(2-17)21-9/h3-6,9,17-19H,2,12H2,1H3,(H,13,14)(H,15,20)/t4-,5-,6-,9-,11?/m1/s1. The van der Waals surface area contributed by atoms with E-state index in [1.165, 1.54) is 6.34 Å². The van der Waals surface area contributed by atoms with Crippen LogP contribution in [0.25, 0.3) is 0 Å². The fourth-order valence-corrected chi connectivity index (χ4v) is 2.58. The van der Waals surface area contributed by atoms with Crippen molar-refractivity contribution in [2.24, 2.45) is 10.7 Å². The molecule has 0 saturated carbocycles. The van der Waals surface area contributed by atoms with E-state index >= 15 is 0 Å². The summed E-state index contributed by atoms with van der Waals surface area (Å²) in [5.41, 5.74) is 4.63. The molecule has 1 aromatic rings. The molecule has 1 saturated heterocycles. The Bertz CT molecular complexity index is 635. The molecule has 5 atom stereocenters. The smallest absolute Gasteiger partial charge is 0.329 e. The van der Waals surface area contributed by atoms with Gasteiger partial charge in [-0.05, 0) is 6.92 Å². The van der Waals surface area contributed by atoms with Gasteiger partial charge < -0.3 is 36.1 Å². The van der Waals surface area contributed by atoms with Gasteiger partial charge in [0.25, 0.3) is 0 Å². The molecule has 3 rings (SSSR count). The number of nitrogens with two attached hydrogens (primary N) is 1. The van der Waals surface area contributed by atoms with Crippen molar-refractivity contribution in [2.75, 3.05) is 11.9 Å². The van der Waals surface area contributed by atoms with Crippen LogP contribution in [0.15, 0.2) is 9.79 Å². The Morgan fingerprint density at radius 3 is 2.86 bits per heavy atom. The number of fused-ring (bicyclic) bond motifs is 1. The summed E-state index contributed by atoms with van der Waals surface area (Å²) in [7, 11) is 0. The molecule has 0 bridgehead atoms. The normalized spacial score (nSPS) is 38.3. The molecule has 1 unspecified atom stereocenters. The highest BCUT2D eigenvalue weighted by Gasteiger charge is 2.46. The number of hydrogen-bond donors (Lipinski definition) is 6. The third-order valence-electron chi connectivity index (χ3n) is 3.74. The first-order valence-electron chi connectivity index (χ1n) is 6.43. The predicted octanol–water partition coefficient (Wildman–Crippen LogP) is -2.63. The second-order valence-corrected chi connectivity index (χ2v) is 5.30. The molecule has 2 aliphatic rings. The summed E-state index contributed by atoms with van der Waals surface area (Å²) in [5, 5.41) is 31.7. The monoisotopic (exact) mass is 299 g/mol. The molecule has 0 amide bonds. The fraction of sp³-hybridized carbons (Fsp3) is 0.636. The van der Waals surface area contributed by atoms with E-state index in [0.29, 0.717) is 11.5 Å². The highest BCUT2D eigenvalue weighted by Crippen LogP contribution is 2.34. The van der Waals surface area contributed by atoms with Gasteiger partial charge in [-0.2, -0.15) is 0 Å². The summed E-state index contributed by atoms with van der Waals surface area (Å²) >= 11 is 0. The minimum absolute atomic E-state index is 0.301. The number of nitrogens with zero attached hydrogens (tertiary/aromatic N) is 2. The number of aliphatic hydroxyl groups is 3. The van der Waals surface area contributed by atoms with Crippen molar-refractivity contribution >= 4 is 12.2 Å². The lowest BCUT2D eigenvalue weighted by Gasteiger charge is -2.25. The Morgan fingerprint density at radius 2 is 2.24 bits per heavy atom. The largest absolute Gasteiger partial charge is 0.394 e. The van der Waals surface area contributed by atoms with E-state index in [1.807, 2.05) is 0 Å². The summed E-state index contributed by atoms with van der Waals surface area (Å²) in [6.45, 7) is 1.14. The Hall–Kier alpha value is -1.72. The van der Waals surface area contributed by atoms with Crippen LogP contribution in [0.5, 0.6) is 0 Å². The van der Waals surface area contributed by atoms with E-state index in [-0.39, 0.29) is 0 Å². The van der Waals surface area contributed by atoms with Crippen LogP contribution >= 0.6 is 0 Å². The number of aromatic nitrogens is 2. The lowest BCUT2D eigenvalue weighted by Crippen LogP contribution is -2.36.